The van der Waals surface area contributed by atoms with Crippen molar-refractivity contribution >= 4 is 27.6 Å². The number of aromatic nitrogens is 2. The van der Waals surface area contributed by atoms with Gasteiger partial charge in [-0.05, 0) is 15.9 Å². The molecule has 1 aromatic heterocycles. The minimum Gasteiger partial charge on any atom is -0.332 e. The normalized spacial score (nSPS) is 14.6. The molecule has 0 saturated heterocycles. The summed E-state index contributed by atoms with van der Waals surface area (Å²) in [5.41, 5.74) is 1.46. The highest BCUT2D eigenvalue weighted by Crippen LogP contribution is 2.16. The van der Waals surface area contributed by atoms with Crippen LogP contribution in [0.15, 0.2) is 10.9 Å². The Morgan fingerprint density at radius 3 is 3.25 bits per heavy atom. The number of hydrogen-bond acceptors (Lipinski definition) is 3. The second kappa shape index (κ2) is 2.71. The molecule has 1 aliphatic rings. The molecule has 1 aliphatic heterocycles. The van der Waals surface area contributed by atoms with Crippen LogP contribution < -0.4 is 10.6 Å². The van der Waals surface area contributed by atoms with Crippen LogP contribution in [0.4, 0.5) is 10.5 Å². The molecule has 1 aromatic rings. The molecule has 2 amide bonds. The first-order chi connectivity index (χ1) is 5.75. The first-order valence-electron chi connectivity index (χ1n) is 3.32. The van der Waals surface area contributed by atoms with E-state index in [0.29, 0.717) is 17.0 Å². The number of nitrogens with one attached hydrogen (secondary N) is 2. The zero-order valence-electron chi connectivity index (χ0n) is 5.97. The molecule has 0 aliphatic carbocycles. The lowest BCUT2D eigenvalue weighted by molar-refractivity contribution is 0.250. The zero-order valence-corrected chi connectivity index (χ0v) is 7.55. The van der Waals surface area contributed by atoms with Crippen molar-refractivity contribution < 1.29 is 4.79 Å². The van der Waals surface area contributed by atoms with Gasteiger partial charge in [-0.1, -0.05) is 0 Å². The smallest absolute Gasteiger partial charge is 0.319 e. The number of anilines is 1. The first kappa shape index (κ1) is 7.48. The fourth-order valence-electron chi connectivity index (χ4n) is 0.962. The van der Waals surface area contributed by atoms with Gasteiger partial charge < -0.3 is 10.6 Å². The zero-order chi connectivity index (χ0) is 8.55. The lowest BCUT2D eigenvalue weighted by Crippen LogP contribution is -2.34. The second-order valence-corrected chi connectivity index (χ2v) is 3.02. The fraction of sp³-hybridized carbons (Fsp3) is 0.167. The summed E-state index contributed by atoms with van der Waals surface area (Å²) in [6, 6.07) is -0.214. The Hall–Kier alpha value is -1.17. The molecule has 0 spiro atoms. The van der Waals surface area contributed by atoms with Gasteiger partial charge >= 0.3 is 6.03 Å². The van der Waals surface area contributed by atoms with E-state index in [9.17, 15) is 4.79 Å². The molecule has 62 valence electrons. The van der Waals surface area contributed by atoms with Gasteiger partial charge in [-0.25, -0.2) is 14.8 Å². The number of amides is 2. The van der Waals surface area contributed by atoms with Crippen molar-refractivity contribution in [2.45, 2.75) is 6.54 Å². The molecule has 0 bridgehead atoms. The van der Waals surface area contributed by atoms with Crippen molar-refractivity contribution in [3.05, 3.63) is 16.6 Å². The van der Waals surface area contributed by atoms with E-state index in [4.69, 9.17) is 0 Å². The Labute approximate surface area is 76.7 Å². The number of carbonyl (C=O) groups is 1. The highest BCUT2D eigenvalue weighted by Gasteiger charge is 2.14. The fourth-order valence-corrected chi connectivity index (χ4v) is 1.28. The Morgan fingerprint density at radius 1 is 1.58 bits per heavy atom. The standard InChI is InChI=1S/C6H5BrN4O/c7-5-8-1-4-3(10-5)2-9-6(12)11-4/h1H,2H2,(H2,9,11,12). The highest BCUT2D eigenvalue weighted by atomic mass is 79.9. The molecule has 0 radical (unpaired) electrons. The van der Waals surface area contributed by atoms with Crippen LogP contribution in [0, 0.1) is 0 Å². The Bertz CT molecular complexity index is 340. The largest absolute Gasteiger partial charge is 0.332 e. The summed E-state index contributed by atoms with van der Waals surface area (Å²) < 4.78 is 0.527. The van der Waals surface area contributed by atoms with Crippen molar-refractivity contribution in [3.63, 3.8) is 0 Å². The average Bonchev–Trinajstić information content (AvgIpc) is 2.05. The van der Waals surface area contributed by atoms with Crippen LogP contribution in [-0.4, -0.2) is 16.0 Å². The quantitative estimate of drug-likeness (QED) is 0.648. The van der Waals surface area contributed by atoms with Crippen LogP contribution in [0.2, 0.25) is 0 Å². The first-order valence-corrected chi connectivity index (χ1v) is 4.11. The second-order valence-electron chi connectivity index (χ2n) is 2.31. The molecule has 12 heavy (non-hydrogen) atoms. The van der Waals surface area contributed by atoms with Crippen LogP contribution in [0.3, 0.4) is 0 Å². The molecule has 0 atom stereocenters. The van der Waals surface area contributed by atoms with E-state index in [2.05, 4.69) is 36.5 Å². The van der Waals surface area contributed by atoms with E-state index >= 15 is 0 Å². The van der Waals surface area contributed by atoms with Gasteiger partial charge in [-0.2, -0.15) is 0 Å². The van der Waals surface area contributed by atoms with Gasteiger partial charge in [-0.15, -0.1) is 0 Å². The maximum atomic E-state index is 10.8. The van der Waals surface area contributed by atoms with Gasteiger partial charge in [0.25, 0.3) is 0 Å². The van der Waals surface area contributed by atoms with Gasteiger partial charge in [0.05, 0.1) is 24.1 Å². The summed E-state index contributed by atoms with van der Waals surface area (Å²) in [7, 11) is 0. The molecule has 0 aromatic carbocycles. The summed E-state index contributed by atoms with van der Waals surface area (Å²) in [5.74, 6) is 0. The Kier molecular flexibility index (Phi) is 1.69. The van der Waals surface area contributed by atoms with Crippen molar-refractivity contribution in [2.24, 2.45) is 0 Å². The Morgan fingerprint density at radius 2 is 2.42 bits per heavy atom. The number of hydrogen-bond donors (Lipinski definition) is 2. The predicted molar refractivity (Wildman–Crippen MR) is 45.6 cm³/mol. The van der Waals surface area contributed by atoms with Gasteiger partial charge in [-0.3, -0.25) is 0 Å². The van der Waals surface area contributed by atoms with Crippen LogP contribution >= 0.6 is 15.9 Å². The summed E-state index contributed by atoms with van der Waals surface area (Å²) in [5, 5.41) is 5.20. The third-order valence-corrected chi connectivity index (χ3v) is 1.88. The number of fused-ring (bicyclic) bond motifs is 1. The monoisotopic (exact) mass is 228 g/mol. The number of rotatable bonds is 0. The van der Waals surface area contributed by atoms with Crippen molar-refractivity contribution in [3.8, 4) is 0 Å². The molecular weight excluding hydrogens is 224 g/mol. The third kappa shape index (κ3) is 1.25. The van der Waals surface area contributed by atoms with Gasteiger partial charge in [0.2, 0.25) is 0 Å². The molecule has 6 heteroatoms. The SMILES string of the molecule is O=C1NCc2nc(Br)ncc2N1. The summed E-state index contributed by atoms with van der Waals surface area (Å²) in [6.07, 6.45) is 1.57. The average molecular weight is 229 g/mol. The van der Waals surface area contributed by atoms with E-state index in [1.165, 1.54) is 0 Å². The minimum atomic E-state index is -0.214. The molecule has 2 rings (SSSR count). The van der Waals surface area contributed by atoms with Crippen LogP contribution in [-0.2, 0) is 6.54 Å². The number of halogens is 1. The van der Waals surface area contributed by atoms with Crippen molar-refractivity contribution in [1.29, 1.82) is 0 Å². The lowest BCUT2D eigenvalue weighted by atomic mass is 10.3. The third-order valence-electron chi connectivity index (χ3n) is 1.50. The van der Waals surface area contributed by atoms with E-state index in [1.807, 2.05) is 0 Å². The minimum absolute atomic E-state index is 0.214. The topological polar surface area (TPSA) is 66.9 Å². The molecule has 5 nitrogen and oxygen atoms in total. The molecule has 0 unspecified atom stereocenters. The van der Waals surface area contributed by atoms with Crippen molar-refractivity contribution in [2.75, 3.05) is 5.32 Å². The lowest BCUT2D eigenvalue weighted by Gasteiger charge is -2.16. The van der Waals surface area contributed by atoms with E-state index in [1.54, 1.807) is 6.20 Å². The van der Waals surface area contributed by atoms with E-state index < -0.39 is 0 Å². The highest BCUT2D eigenvalue weighted by molar-refractivity contribution is 9.10. The number of nitrogens with zero attached hydrogens (tertiary/aromatic N) is 2. The van der Waals surface area contributed by atoms with Crippen molar-refractivity contribution in [1.82, 2.24) is 15.3 Å². The maximum Gasteiger partial charge on any atom is 0.319 e. The van der Waals surface area contributed by atoms with Crippen LogP contribution in [0.25, 0.3) is 0 Å². The van der Waals surface area contributed by atoms with Crippen LogP contribution in [0.1, 0.15) is 5.69 Å². The number of urea groups is 1. The predicted octanol–water partition coefficient (Wildman–Crippen LogP) is 0.874. The van der Waals surface area contributed by atoms with E-state index in [-0.39, 0.29) is 6.03 Å². The maximum absolute atomic E-state index is 10.8. The molecule has 0 saturated carbocycles. The molecule has 0 fully saturated rings. The van der Waals surface area contributed by atoms with E-state index in [0.717, 1.165) is 5.69 Å². The van der Waals surface area contributed by atoms with Crippen LogP contribution in [0.5, 0.6) is 0 Å². The molecule has 2 heterocycles. The molecule has 2 N–H and O–H groups in total. The number of carbonyl (C=O) groups excluding carboxylic acids is 1. The summed E-state index contributed by atoms with van der Waals surface area (Å²) in [4.78, 5) is 18.8. The van der Waals surface area contributed by atoms with Gasteiger partial charge in [0, 0.05) is 0 Å². The summed E-state index contributed by atoms with van der Waals surface area (Å²) >= 11 is 3.14. The van der Waals surface area contributed by atoms with Gasteiger partial charge in [0.15, 0.2) is 4.73 Å². The van der Waals surface area contributed by atoms with Gasteiger partial charge in [0.1, 0.15) is 0 Å². The Balaban J connectivity index is 2.43. The molecular formula is C6H5BrN4O. The summed E-state index contributed by atoms with van der Waals surface area (Å²) in [6.45, 7) is 0.447.